The number of fused-ring (bicyclic) bond motifs is 6. The summed E-state index contributed by atoms with van der Waals surface area (Å²) in [5, 5.41) is 24.9. The third-order valence-corrected chi connectivity index (χ3v) is 13.3. The molecule has 0 aliphatic carbocycles. The highest BCUT2D eigenvalue weighted by atomic mass is 15.0. The maximum Gasteiger partial charge on any atom is 0.0992 e. The van der Waals surface area contributed by atoms with Crippen LogP contribution >= 0.6 is 0 Å². The molecule has 308 valence electrons. The number of aromatic nitrogens is 2. The monoisotopic (exact) mass is 832 g/mol. The van der Waals surface area contributed by atoms with E-state index in [1.807, 2.05) is 24.3 Å². The number of aryl methyl sites for hydroxylation is 5. The topological polar surface area (TPSA) is 57.4 Å². The second-order valence-electron chi connectivity index (χ2n) is 17.5. The van der Waals surface area contributed by atoms with E-state index >= 15 is 0 Å². The van der Waals surface area contributed by atoms with Gasteiger partial charge in [-0.25, -0.2) is 0 Å². The lowest BCUT2D eigenvalue weighted by atomic mass is 9.92. The molecule has 0 atom stereocenters. The van der Waals surface area contributed by atoms with E-state index in [-0.39, 0.29) is 0 Å². The van der Waals surface area contributed by atoms with Crippen molar-refractivity contribution >= 4 is 43.6 Å². The molecule has 11 rings (SSSR count). The summed E-state index contributed by atoms with van der Waals surface area (Å²) in [7, 11) is 0. The third kappa shape index (κ3) is 6.50. The summed E-state index contributed by atoms with van der Waals surface area (Å²) in [4.78, 5) is 0. The molecular formula is C61H44N4. The average Bonchev–Trinajstić information content (AvgIpc) is 3.83. The number of nitrogens with zero attached hydrogens (tertiary/aromatic N) is 4. The van der Waals surface area contributed by atoms with Crippen molar-refractivity contribution in [3.63, 3.8) is 0 Å². The van der Waals surface area contributed by atoms with Crippen LogP contribution < -0.4 is 0 Å². The first kappa shape index (κ1) is 39.4. The van der Waals surface area contributed by atoms with Crippen molar-refractivity contribution in [3.8, 4) is 68.0 Å². The highest BCUT2D eigenvalue weighted by molar-refractivity contribution is 6.13. The van der Waals surface area contributed by atoms with Crippen LogP contribution in [-0.4, -0.2) is 9.13 Å². The van der Waals surface area contributed by atoms with Crippen LogP contribution in [0.25, 0.3) is 99.5 Å². The maximum atomic E-state index is 10.5. The van der Waals surface area contributed by atoms with Crippen molar-refractivity contribution < 1.29 is 0 Å². The molecular weight excluding hydrogens is 789 g/mol. The van der Waals surface area contributed by atoms with Crippen molar-refractivity contribution in [1.29, 1.82) is 10.5 Å². The molecule has 0 spiro atoms. The van der Waals surface area contributed by atoms with Crippen LogP contribution in [0.15, 0.2) is 176 Å². The van der Waals surface area contributed by atoms with E-state index in [0.29, 0.717) is 11.1 Å². The molecule has 65 heavy (non-hydrogen) atoms. The van der Waals surface area contributed by atoms with Crippen LogP contribution in [0.3, 0.4) is 0 Å². The molecule has 0 saturated carbocycles. The Morgan fingerprint density at radius 1 is 0.323 bits per heavy atom. The van der Waals surface area contributed by atoms with Crippen molar-refractivity contribution in [3.05, 3.63) is 215 Å². The maximum absolute atomic E-state index is 10.5. The average molecular weight is 833 g/mol. The number of rotatable bonds is 6. The van der Waals surface area contributed by atoms with E-state index in [2.05, 4.69) is 208 Å². The molecule has 11 aromatic rings. The number of hydrogen-bond acceptors (Lipinski definition) is 2. The minimum absolute atomic E-state index is 0.581. The predicted octanol–water partition coefficient (Wildman–Crippen LogP) is 15.8. The third-order valence-electron chi connectivity index (χ3n) is 13.3. The van der Waals surface area contributed by atoms with Crippen LogP contribution in [0.4, 0.5) is 0 Å². The normalized spacial score (nSPS) is 11.4. The minimum Gasteiger partial charge on any atom is -0.309 e. The molecule has 0 radical (unpaired) electrons. The van der Waals surface area contributed by atoms with Gasteiger partial charge in [0.25, 0.3) is 0 Å². The van der Waals surface area contributed by atoms with Gasteiger partial charge in [0.15, 0.2) is 0 Å². The van der Waals surface area contributed by atoms with Crippen molar-refractivity contribution in [2.75, 3.05) is 0 Å². The van der Waals surface area contributed by atoms with Gasteiger partial charge in [-0.1, -0.05) is 114 Å². The summed E-state index contributed by atoms with van der Waals surface area (Å²) < 4.78 is 4.75. The zero-order valence-corrected chi connectivity index (χ0v) is 37.0. The van der Waals surface area contributed by atoms with Gasteiger partial charge in [-0.2, -0.15) is 10.5 Å². The Bertz CT molecular complexity index is 3860. The highest BCUT2D eigenvalue weighted by Gasteiger charge is 2.23. The zero-order chi connectivity index (χ0) is 44.5. The molecule has 2 heterocycles. The van der Waals surface area contributed by atoms with Crippen LogP contribution in [0.2, 0.25) is 0 Å². The largest absolute Gasteiger partial charge is 0.309 e. The van der Waals surface area contributed by atoms with Crippen molar-refractivity contribution in [1.82, 2.24) is 9.13 Å². The first-order chi connectivity index (χ1) is 31.7. The first-order valence-corrected chi connectivity index (χ1v) is 22.1. The Hall–Kier alpha value is -8.44. The Labute approximate surface area is 379 Å². The molecule has 0 aliphatic rings. The SMILES string of the molecule is Cc1ccc(-c2ccc3c(c2)c2ccccc2n3-c2ccc(-c3ccc(C#N)cc3C)cc2-c2ccc(C#N)cc2-n2c3ccccc3c3cc(-c4ccc(C)cc4C)ccc32)c(C)c1. The lowest BCUT2D eigenvalue weighted by molar-refractivity contribution is 1.16. The summed E-state index contributed by atoms with van der Waals surface area (Å²) in [5.74, 6) is 0. The first-order valence-electron chi connectivity index (χ1n) is 22.1. The predicted molar refractivity (Wildman–Crippen MR) is 270 cm³/mol. The summed E-state index contributed by atoms with van der Waals surface area (Å²) in [6, 6.07) is 67.8. The van der Waals surface area contributed by atoms with Gasteiger partial charge in [0.1, 0.15) is 0 Å². The van der Waals surface area contributed by atoms with Gasteiger partial charge in [0.2, 0.25) is 0 Å². The Morgan fingerprint density at radius 2 is 0.754 bits per heavy atom. The zero-order valence-electron chi connectivity index (χ0n) is 37.0. The number of para-hydroxylation sites is 2. The van der Waals surface area contributed by atoms with Gasteiger partial charge in [-0.05, 0) is 157 Å². The van der Waals surface area contributed by atoms with Gasteiger partial charge in [0, 0.05) is 32.7 Å². The summed E-state index contributed by atoms with van der Waals surface area (Å²) in [6.45, 7) is 10.7. The van der Waals surface area contributed by atoms with Gasteiger partial charge < -0.3 is 9.13 Å². The molecule has 0 N–H and O–H groups in total. The summed E-state index contributed by atoms with van der Waals surface area (Å²) >= 11 is 0. The molecule has 0 unspecified atom stereocenters. The molecule has 9 aromatic carbocycles. The fourth-order valence-corrected chi connectivity index (χ4v) is 10.3. The van der Waals surface area contributed by atoms with Crippen LogP contribution in [0.5, 0.6) is 0 Å². The molecule has 0 saturated heterocycles. The van der Waals surface area contributed by atoms with E-state index in [1.165, 1.54) is 55.3 Å². The van der Waals surface area contributed by atoms with Crippen molar-refractivity contribution in [2.45, 2.75) is 34.6 Å². The molecule has 2 aromatic heterocycles. The molecule has 0 aliphatic heterocycles. The lowest BCUT2D eigenvalue weighted by Gasteiger charge is -2.20. The number of hydrogen-bond donors (Lipinski definition) is 0. The fraction of sp³-hybridized carbons (Fsp3) is 0.0820. The molecule has 4 nitrogen and oxygen atoms in total. The minimum atomic E-state index is 0.581. The molecule has 0 fully saturated rings. The second kappa shape index (κ2) is 15.4. The Balaban J connectivity index is 1.21. The molecule has 4 heteroatoms. The van der Waals surface area contributed by atoms with Crippen LogP contribution in [0, 0.1) is 57.3 Å². The van der Waals surface area contributed by atoms with Crippen LogP contribution in [-0.2, 0) is 0 Å². The summed E-state index contributed by atoms with van der Waals surface area (Å²) in [6.07, 6.45) is 0. The highest BCUT2D eigenvalue weighted by Crippen LogP contribution is 2.44. The number of benzene rings is 9. The second-order valence-corrected chi connectivity index (χ2v) is 17.5. The standard InChI is InChI=1S/C61H44N4/c1-37-14-21-47(39(3)28-37)44-18-25-58-53(32-44)50-10-6-8-12-56(50)64(58)59-26-19-46(49-23-16-42(35-62)30-41(49)5)34-55(59)52-24-17-43(36-63)31-61(52)65-57-13-9-7-11-51(57)54-33-45(20-27-60(54)65)48-22-15-38(2)29-40(48)4/h6-34H,1-5H3. The van der Waals surface area contributed by atoms with Gasteiger partial charge in [-0.15, -0.1) is 0 Å². The Kier molecular flexibility index (Phi) is 9.35. The van der Waals surface area contributed by atoms with Crippen molar-refractivity contribution in [2.24, 2.45) is 0 Å². The van der Waals surface area contributed by atoms with E-state index in [9.17, 15) is 10.5 Å². The van der Waals surface area contributed by atoms with Crippen LogP contribution in [0.1, 0.15) is 38.9 Å². The number of nitriles is 2. The quantitative estimate of drug-likeness (QED) is 0.168. The van der Waals surface area contributed by atoms with Gasteiger partial charge in [-0.3, -0.25) is 0 Å². The smallest absolute Gasteiger partial charge is 0.0992 e. The van der Waals surface area contributed by atoms with E-state index in [4.69, 9.17) is 0 Å². The van der Waals surface area contributed by atoms with E-state index in [1.54, 1.807) is 0 Å². The van der Waals surface area contributed by atoms with E-state index < -0.39 is 0 Å². The molecule has 0 bridgehead atoms. The summed E-state index contributed by atoms with van der Waals surface area (Å²) in [5.41, 5.74) is 22.4. The Morgan fingerprint density at radius 3 is 1.28 bits per heavy atom. The molecule has 0 amide bonds. The fourth-order valence-electron chi connectivity index (χ4n) is 10.3. The van der Waals surface area contributed by atoms with E-state index in [0.717, 1.165) is 72.0 Å². The lowest BCUT2D eigenvalue weighted by Crippen LogP contribution is -2.03. The van der Waals surface area contributed by atoms with Gasteiger partial charge >= 0.3 is 0 Å². The van der Waals surface area contributed by atoms with Gasteiger partial charge in [0.05, 0.1) is 56.7 Å².